The molecule has 1 fully saturated rings. The van der Waals surface area contributed by atoms with Crippen LogP contribution in [0.3, 0.4) is 0 Å². The fourth-order valence-corrected chi connectivity index (χ4v) is 3.42. The highest BCUT2D eigenvalue weighted by molar-refractivity contribution is 5.37. The summed E-state index contributed by atoms with van der Waals surface area (Å²) in [4.78, 5) is 4.64. The first-order valence-corrected chi connectivity index (χ1v) is 7.43. The molecule has 0 saturated carbocycles. The van der Waals surface area contributed by atoms with Gasteiger partial charge in [0.2, 0.25) is 0 Å². The van der Waals surface area contributed by atoms with E-state index < -0.39 is 6.10 Å². The van der Waals surface area contributed by atoms with Gasteiger partial charge in [-0.15, -0.1) is 0 Å². The van der Waals surface area contributed by atoms with Gasteiger partial charge in [0.25, 0.3) is 0 Å². The number of fused-ring (bicyclic) bond motifs is 1. The van der Waals surface area contributed by atoms with E-state index in [1.54, 1.807) is 0 Å². The molecule has 2 aliphatic heterocycles. The highest BCUT2D eigenvalue weighted by atomic mass is 16.5. The van der Waals surface area contributed by atoms with Crippen LogP contribution in [0.5, 0.6) is 5.75 Å². The third kappa shape index (κ3) is 2.68. The van der Waals surface area contributed by atoms with Crippen LogP contribution in [-0.4, -0.2) is 61.3 Å². The third-order valence-electron chi connectivity index (χ3n) is 4.61. The SMILES string of the molecule is CN1CCC(CN(C)C2COc3ccccc3C2O)C1. The molecule has 2 heterocycles. The Hall–Kier alpha value is -1.10. The van der Waals surface area contributed by atoms with Crippen LogP contribution in [0, 0.1) is 5.92 Å². The third-order valence-corrected chi connectivity index (χ3v) is 4.61. The van der Waals surface area contributed by atoms with E-state index in [0.29, 0.717) is 12.5 Å². The molecule has 110 valence electrons. The first kappa shape index (κ1) is 13.9. The molecule has 0 aromatic heterocycles. The van der Waals surface area contributed by atoms with Gasteiger partial charge in [0.15, 0.2) is 0 Å². The van der Waals surface area contributed by atoms with E-state index in [1.165, 1.54) is 13.0 Å². The second-order valence-corrected chi connectivity index (χ2v) is 6.22. The monoisotopic (exact) mass is 276 g/mol. The van der Waals surface area contributed by atoms with Crippen LogP contribution < -0.4 is 4.74 Å². The molecule has 3 rings (SSSR count). The highest BCUT2D eigenvalue weighted by Crippen LogP contribution is 2.34. The topological polar surface area (TPSA) is 35.9 Å². The van der Waals surface area contributed by atoms with Crippen molar-refractivity contribution in [2.45, 2.75) is 18.6 Å². The smallest absolute Gasteiger partial charge is 0.125 e. The molecule has 4 heteroatoms. The molecule has 1 aromatic carbocycles. The van der Waals surface area contributed by atoms with Crippen molar-refractivity contribution in [1.82, 2.24) is 9.80 Å². The molecule has 4 nitrogen and oxygen atoms in total. The Morgan fingerprint density at radius 1 is 1.40 bits per heavy atom. The lowest BCUT2D eigenvalue weighted by Gasteiger charge is -2.37. The molecule has 0 bridgehead atoms. The van der Waals surface area contributed by atoms with Crippen molar-refractivity contribution in [3.8, 4) is 5.75 Å². The summed E-state index contributed by atoms with van der Waals surface area (Å²) in [6.45, 7) is 3.94. The fourth-order valence-electron chi connectivity index (χ4n) is 3.42. The van der Waals surface area contributed by atoms with E-state index in [4.69, 9.17) is 4.74 Å². The Labute approximate surface area is 120 Å². The van der Waals surface area contributed by atoms with Crippen molar-refractivity contribution >= 4 is 0 Å². The lowest BCUT2D eigenvalue weighted by atomic mass is 9.97. The molecule has 0 aliphatic carbocycles. The molecule has 1 N–H and O–H groups in total. The van der Waals surface area contributed by atoms with Crippen molar-refractivity contribution in [3.05, 3.63) is 29.8 Å². The maximum Gasteiger partial charge on any atom is 0.125 e. The Morgan fingerprint density at radius 3 is 2.95 bits per heavy atom. The van der Waals surface area contributed by atoms with Gasteiger partial charge in [0.1, 0.15) is 18.5 Å². The average molecular weight is 276 g/mol. The van der Waals surface area contributed by atoms with Gasteiger partial charge in [0, 0.05) is 18.7 Å². The minimum Gasteiger partial charge on any atom is -0.491 e. The quantitative estimate of drug-likeness (QED) is 0.904. The molecular weight excluding hydrogens is 252 g/mol. The van der Waals surface area contributed by atoms with Crippen LogP contribution in [0.25, 0.3) is 0 Å². The maximum atomic E-state index is 10.6. The number of rotatable bonds is 3. The molecule has 3 atom stereocenters. The molecule has 0 spiro atoms. The van der Waals surface area contributed by atoms with Crippen LogP contribution in [0.4, 0.5) is 0 Å². The second-order valence-electron chi connectivity index (χ2n) is 6.22. The van der Waals surface area contributed by atoms with E-state index in [1.807, 2.05) is 24.3 Å². The number of ether oxygens (including phenoxy) is 1. The average Bonchev–Trinajstić information content (AvgIpc) is 2.84. The summed E-state index contributed by atoms with van der Waals surface area (Å²) >= 11 is 0. The van der Waals surface area contributed by atoms with Crippen molar-refractivity contribution in [3.63, 3.8) is 0 Å². The molecule has 2 aliphatic rings. The number of aliphatic hydroxyl groups excluding tert-OH is 1. The summed E-state index contributed by atoms with van der Waals surface area (Å²) in [6, 6.07) is 7.85. The van der Waals surface area contributed by atoms with Crippen LogP contribution in [0.1, 0.15) is 18.1 Å². The van der Waals surface area contributed by atoms with Gasteiger partial charge >= 0.3 is 0 Å². The Kier molecular flexibility index (Phi) is 3.96. The van der Waals surface area contributed by atoms with Gasteiger partial charge in [-0.2, -0.15) is 0 Å². The molecule has 1 aromatic rings. The lowest BCUT2D eigenvalue weighted by molar-refractivity contribution is 0.00973. The van der Waals surface area contributed by atoms with E-state index >= 15 is 0 Å². The van der Waals surface area contributed by atoms with Crippen LogP contribution in [0.2, 0.25) is 0 Å². The minimum atomic E-state index is -0.455. The predicted molar refractivity (Wildman–Crippen MR) is 78.9 cm³/mol. The van der Waals surface area contributed by atoms with E-state index in [9.17, 15) is 5.11 Å². The zero-order chi connectivity index (χ0) is 14.1. The number of likely N-dealkylation sites (tertiary alicyclic amines) is 1. The van der Waals surface area contributed by atoms with E-state index in [0.717, 1.165) is 24.4 Å². The van der Waals surface area contributed by atoms with E-state index in [2.05, 4.69) is 23.9 Å². The molecule has 0 amide bonds. The second kappa shape index (κ2) is 5.72. The minimum absolute atomic E-state index is 0.0517. The number of hydrogen-bond donors (Lipinski definition) is 1. The number of likely N-dealkylation sites (N-methyl/N-ethyl adjacent to an activating group) is 1. The highest BCUT2D eigenvalue weighted by Gasteiger charge is 2.33. The molecular formula is C16H24N2O2. The standard InChI is InChI=1S/C16H24N2O2/c1-17-8-7-12(9-17)10-18(2)14-11-20-15-6-4-3-5-13(15)16(14)19/h3-6,12,14,16,19H,7-11H2,1-2H3. The van der Waals surface area contributed by atoms with Gasteiger partial charge in [-0.3, -0.25) is 4.90 Å². The Bertz CT molecular complexity index is 466. The summed E-state index contributed by atoms with van der Waals surface area (Å²) in [6.07, 6.45) is 0.797. The molecule has 3 unspecified atom stereocenters. The first-order chi connectivity index (χ1) is 9.65. The Balaban J connectivity index is 1.66. The normalized spacial score (nSPS) is 30.3. The largest absolute Gasteiger partial charge is 0.491 e. The van der Waals surface area contributed by atoms with Crippen molar-refractivity contribution < 1.29 is 9.84 Å². The number of hydrogen-bond acceptors (Lipinski definition) is 4. The summed E-state index contributed by atoms with van der Waals surface area (Å²) in [7, 11) is 4.28. The van der Waals surface area contributed by atoms with Crippen molar-refractivity contribution in [1.29, 1.82) is 0 Å². The number of aliphatic hydroxyl groups is 1. The zero-order valence-corrected chi connectivity index (χ0v) is 12.3. The Morgan fingerprint density at radius 2 is 2.20 bits per heavy atom. The van der Waals surface area contributed by atoms with Crippen LogP contribution in [-0.2, 0) is 0 Å². The first-order valence-electron chi connectivity index (χ1n) is 7.43. The van der Waals surface area contributed by atoms with Gasteiger partial charge in [-0.05, 0) is 39.0 Å². The summed E-state index contributed by atoms with van der Waals surface area (Å²) in [5.74, 6) is 1.53. The van der Waals surface area contributed by atoms with Crippen molar-refractivity contribution in [2.24, 2.45) is 5.92 Å². The fraction of sp³-hybridized carbons (Fsp3) is 0.625. The van der Waals surface area contributed by atoms with Crippen LogP contribution >= 0.6 is 0 Å². The summed E-state index contributed by atoms with van der Waals surface area (Å²) < 4.78 is 5.80. The number of nitrogens with zero attached hydrogens (tertiary/aromatic N) is 2. The molecule has 20 heavy (non-hydrogen) atoms. The van der Waals surface area contributed by atoms with Gasteiger partial charge in [0.05, 0.1) is 6.04 Å². The van der Waals surface area contributed by atoms with Crippen LogP contribution in [0.15, 0.2) is 24.3 Å². The zero-order valence-electron chi connectivity index (χ0n) is 12.3. The van der Waals surface area contributed by atoms with Gasteiger partial charge < -0.3 is 14.7 Å². The van der Waals surface area contributed by atoms with Crippen molar-refractivity contribution in [2.75, 3.05) is 40.3 Å². The summed E-state index contributed by atoms with van der Waals surface area (Å²) in [5, 5.41) is 10.6. The number of para-hydroxylation sites is 1. The number of benzene rings is 1. The van der Waals surface area contributed by atoms with E-state index in [-0.39, 0.29) is 6.04 Å². The molecule has 1 saturated heterocycles. The predicted octanol–water partition coefficient (Wildman–Crippen LogP) is 1.36. The van der Waals surface area contributed by atoms with Gasteiger partial charge in [-0.25, -0.2) is 0 Å². The van der Waals surface area contributed by atoms with Gasteiger partial charge in [-0.1, -0.05) is 18.2 Å². The molecule has 0 radical (unpaired) electrons. The lowest BCUT2D eigenvalue weighted by Crippen LogP contribution is -2.45. The summed E-state index contributed by atoms with van der Waals surface area (Å²) in [5.41, 5.74) is 0.916. The maximum absolute atomic E-state index is 10.6.